The van der Waals surface area contributed by atoms with Crippen LogP contribution in [0.3, 0.4) is 0 Å². The molecule has 0 aliphatic heterocycles. The monoisotopic (exact) mass is 330 g/mol. The SMILES string of the molecule is C[C@@H]1[C@H](C)CCC[C@@H]1NC(=S)NNC(=O)c1ccc(C#N)cc1. The van der Waals surface area contributed by atoms with Crippen LogP contribution in [0, 0.1) is 23.2 Å². The van der Waals surface area contributed by atoms with E-state index in [1.165, 1.54) is 12.8 Å². The Morgan fingerprint density at radius 3 is 2.57 bits per heavy atom. The van der Waals surface area contributed by atoms with Crippen LogP contribution in [0.2, 0.25) is 0 Å². The highest BCUT2D eigenvalue weighted by Gasteiger charge is 2.27. The summed E-state index contributed by atoms with van der Waals surface area (Å²) in [5.41, 5.74) is 6.32. The Kier molecular flexibility index (Phi) is 5.94. The number of carbonyl (C=O) groups excluding carboxylic acids is 1. The smallest absolute Gasteiger partial charge is 0.269 e. The molecule has 23 heavy (non-hydrogen) atoms. The summed E-state index contributed by atoms with van der Waals surface area (Å²) in [6.07, 6.45) is 3.55. The predicted molar refractivity (Wildman–Crippen MR) is 93.5 cm³/mol. The summed E-state index contributed by atoms with van der Waals surface area (Å²) < 4.78 is 0. The molecule has 6 heteroatoms. The number of hydrazine groups is 1. The van der Waals surface area contributed by atoms with Crippen LogP contribution in [0.4, 0.5) is 0 Å². The molecule has 0 aromatic heterocycles. The average Bonchev–Trinajstić information content (AvgIpc) is 2.57. The maximum Gasteiger partial charge on any atom is 0.269 e. The Morgan fingerprint density at radius 2 is 1.91 bits per heavy atom. The summed E-state index contributed by atoms with van der Waals surface area (Å²) in [4.78, 5) is 12.0. The first-order valence-corrected chi connectivity index (χ1v) is 8.29. The lowest BCUT2D eigenvalue weighted by Gasteiger charge is -2.35. The minimum atomic E-state index is -0.288. The number of nitriles is 1. The van der Waals surface area contributed by atoms with E-state index in [0.717, 1.165) is 6.42 Å². The zero-order valence-corrected chi connectivity index (χ0v) is 14.2. The summed E-state index contributed by atoms with van der Waals surface area (Å²) in [5.74, 6) is 0.943. The highest BCUT2D eigenvalue weighted by molar-refractivity contribution is 7.80. The number of nitrogens with one attached hydrogen (secondary N) is 3. The average molecular weight is 330 g/mol. The van der Waals surface area contributed by atoms with Crippen molar-refractivity contribution in [3.63, 3.8) is 0 Å². The van der Waals surface area contributed by atoms with Crippen LogP contribution < -0.4 is 16.2 Å². The van der Waals surface area contributed by atoms with Gasteiger partial charge in [0.25, 0.3) is 5.91 Å². The van der Waals surface area contributed by atoms with E-state index >= 15 is 0 Å². The number of thiocarbonyl (C=S) groups is 1. The Bertz CT molecular complexity index is 608. The summed E-state index contributed by atoms with van der Waals surface area (Å²) >= 11 is 5.25. The van der Waals surface area contributed by atoms with Gasteiger partial charge >= 0.3 is 0 Å². The molecule has 0 unspecified atom stereocenters. The standard InChI is InChI=1S/C17H22N4OS/c1-11-4-3-5-15(12(11)2)19-17(23)21-20-16(22)14-8-6-13(10-18)7-9-14/h6-9,11-12,15H,3-5H2,1-2H3,(H,20,22)(H2,19,21,23)/t11-,12-,15+/m1/s1. The molecular formula is C17H22N4OS. The Morgan fingerprint density at radius 1 is 1.22 bits per heavy atom. The zero-order valence-electron chi connectivity index (χ0n) is 13.4. The molecule has 1 aliphatic carbocycles. The predicted octanol–water partition coefficient (Wildman–Crippen LogP) is 2.49. The van der Waals surface area contributed by atoms with E-state index in [1.54, 1.807) is 24.3 Å². The van der Waals surface area contributed by atoms with E-state index in [2.05, 4.69) is 30.0 Å². The lowest BCUT2D eigenvalue weighted by Crippen LogP contribution is -2.52. The van der Waals surface area contributed by atoms with Gasteiger partial charge in [0.15, 0.2) is 5.11 Å². The number of benzene rings is 1. The molecule has 0 radical (unpaired) electrons. The molecule has 3 atom stereocenters. The zero-order chi connectivity index (χ0) is 16.8. The van der Waals surface area contributed by atoms with Gasteiger partial charge in [0.1, 0.15) is 0 Å². The van der Waals surface area contributed by atoms with Crippen LogP contribution in [0.25, 0.3) is 0 Å². The fourth-order valence-corrected chi connectivity index (χ4v) is 3.07. The molecule has 1 aromatic carbocycles. The number of rotatable bonds is 2. The second-order valence-corrected chi connectivity index (χ2v) is 6.52. The molecule has 1 amide bonds. The van der Waals surface area contributed by atoms with Crippen molar-refractivity contribution in [3.8, 4) is 6.07 Å². The van der Waals surface area contributed by atoms with Crippen LogP contribution in [0.5, 0.6) is 0 Å². The highest BCUT2D eigenvalue weighted by atomic mass is 32.1. The number of hydrogen-bond donors (Lipinski definition) is 3. The van der Waals surface area contributed by atoms with Crippen LogP contribution >= 0.6 is 12.2 Å². The van der Waals surface area contributed by atoms with Crippen LogP contribution in [-0.2, 0) is 0 Å². The first kappa shape index (κ1) is 17.2. The molecule has 5 nitrogen and oxygen atoms in total. The normalized spacial score (nSPS) is 23.4. The molecule has 122 valence electrons. The molecule has 0 spiro atoms. The van der Waals surface area contributed by atoms with Crippen molar-refractivity contribution in [2.45, 2.75) is 39.2 Å². The molecule has 1 saturated carbocycles. The van der Waals surface area contributed by atoms with Gasteiger partial charge < -0.3 is 5.32 Å². The molecule has 0 heterocycles. The largest absolute Gasteiger partial charge is 0.358 e. The van der Waals surface area contributed by atoms with Gasteiger partial charge in [0.2, 0.25) is 0 Å². The summed E-state index contributed by atoms with van der Waals surface area (Å²) in [6, 6.07) is 8.79. The highest BCUT2D eigenvalue weighted by Crippen LogP contribution is 2.29. The Balaban J connectivity index is 1.81. The fraction of sp³-hybridized carbons (Fsp3) is 0.471. The number of hydrogen-bond acceptors (Lipinski definition) is 3. The van der Waals surface area contributed by atoms with Gasteiger partial charge in [-0.25, -0.2) is 0 Å². The second-order valence-electron chi connectivity index (χ2n) is 6.12. The van der Waals surface area contributed by atoms with Crippen molar-refractivity contribution in [1.29, 1.82) is 5.26 Å². The van der Waals surface area contributed by atoms with Gasteiger partial charge in [-0.1, -0.05) is 26.7 Å². The lowest BCUT2D eigenvalue weighted by molar-refractivity contribution is 0.0943. The van der Waals surface area contributed by atoms with Crippen molar-refractivity contribution in [3.05, 3.63) is 35.4 Å². The first-order chi connectivity index (χ1) is 11.0. The number of carbonyl (C=O) groups is 1. The Labute approximate surface area is 142 Å². The van der Waals surface area contributed by atoms with E-state index in [4.69, 9.17) is 17.5 Å². The third-order valence-electron chi connectivity index (χ3n) is 4.59. The first-order valence-electron chi connectivity index (χ1n) is 7.88. The van der Waals surface area contributed by atoms with Gasteiger partial charge in [0, 0.05) is 11.6 Å². The van der Waals surface area contributed by atoms with Gasteiger partial charge in [-0.05, 0) is 54.7 Å². The fourth-order valence-electron chi connectivity index (χ4n) is 2.87. The molecule has 2 rings (SSSR count). The maximum atomic E-state index is 12.0. The lowest BCUT2D eigenvalue weighted by atomic mass is 9.78. The van der Waals surface area contributed by atoms with Crippen molar-refractivity contribution < 1.29 is 4.79 Å². The van der Waals surface area contributed by atoms with Crippen LogP contribution in [-0.4, -0.2) is 17.1 Å². The van der Waals surface area contributed by atoms with Gasteiger partial charge in [-0.3, -0.25) is 15.6 Å². The minimum Gasteiger partial charge on any atom is -0.358 e. The second kappa shape index (κ2) is 7.93. The van der Waals surface area contributed by atoms with E-state index in [0.29, 0.717) is 34.1 Å². The van der Waals surface area contributed by atoms with Crippen molar-refractivity contribution in [2.75, 3.05) is 0 Å². The Hall–Kier alpha value is -2.13. The minimum absolute atomic E-state index is 0.288. The van der Waals surface area contributed by atoms with E-state index in [9.17, 15) is 4.79 Å². The third kappa shape index (κ3) is 4.67. The van der Waals surface area contributed by atoms with Gasteiger partial charge in [0.05, 0.1) is 11.6 Å². The van der Waals surface area contributed by atoms with Crippen LogP contribution in [0.15, 0.2) is 24.3 Å². The van der Waals surface area contributed by atoms with E-state index in [-0.39, 0.29) is 5.91 Å². The molecule has 0 bridgehead atoms. The molecule has 1 aromatic rings. The summed E-state index contributed by atoms with van der Waals surface area (Å²) in [5, 5.41) is 12.5. The molecule has 1 aliphatic rings. The van der Waals surface area contributed by atoms with E-state index < -0.39 is 0 Å². The summed E-state index contributed by atoms with van der Waals surface area (Å²) in [7, 11) is 0. The van der Waals surface area contributed by atoms with Gasteiger partial charge in [-0.15, -0.1) is 0 Å². The van der Waals surface area contributed by atoms with Crippen molar-refractivity contribution in [1.82, 2.24) is 16.2 Å². The molecule has 0 saturated heterocycles. The summed E-state index contributed by atoms with van der Waals surface area (Å²) in [6.45, 7) is 4.50. The van der Waals surface area contributed by atoms with Gasteiger partial charge in [-0.2, -0.15) is 5.26 Å². The third-order valence-corrected chi connectivity index (χ3v) is 4.81. The molecule has 1 fully saturated rings. The maximum absolute atomic E-state index is 12.0. The topological polar surface area (TPSA) is 76.9 Å². The van der Waals surface area contributed by atoms with Crippen molar-refractivity contribution in [2.24, 2.45) is 11.8 Å². The molecule has 3 N–H and O–H groups in total. The number of nitrogens with zero attached hydrogens (tertiary/aromatic N) is 1. The van der Waals surface area contributed by atoms with E-state index in [1.807, 2.05) is 6.07 Å². The quantitative estimate of drug-likeness (QED) is 0.574. The van der Waals surface area contributed by atoms with Crippen molar-refractivity contribution >= 4 is 23.2 Å². The number of amides is 1. The van der Waals surface area contributed by atoms with Crippen LogP contribution in [0.1, 0.15) is 49.0 Å². The molecular weight excluding hydrogens is 308 g/mol.